The number of alkyl halides is 2. The molecule has 1 fully saturated rings. The van der Waals surface area contributed by atoms with Crippen LogP contribution in [0.1, 0.15) is 90.4 Å². The van der Waals surface area contributed by atoms with E-state index < -0.39 is 12.3 Å². The first-order chi connectivity index (χ1) is 17.5. The molecule has 0 spiro atoms. The van der Waals surface area contributed by atoms with E-state index in [1.165, 1.54) is 17.1 Å². The van der Waals surface area contributed by atoms with Gasteiger partial charge in [-0.3, -0.25) is 15.0 Å². The van der Waals surface area contributed by atoms with Gasteiger partial charge in [-0.1, -0.05) is 20.8 Å². The smallest absolute Gasteiger partial charge is 0.267 e. The number of fused-ring (bicyclic) bond motifs is 4. The standard InChI is InChI=1S/C26H28F2N6O2S/c1-12-30-24-20(15-8-7-14(26(2,3)4)9-19(15)37-24)25(36)33(12)32-23(35)16-11-29-34-18(21(27)28)10-17(13-5-6-13)31-22(16)34/h10-11,13-14,21H,5-9H2,1-4H3,(H,32,35). The summed E-state index contributed by atoms with van der Waals surface area (Å²) < 4.78 is 29.6. The Morgan fingerprint density at radius 3 is 2.65 bits per heavy atom. The molecule has 2 aliphatic rings. The third kappa shape index (κ3) is 4.03. The minimum absolute atomic E-state index is 0.0242. The summed E-state index contributed by atoms with van der Waals surface area (Å²) in [5.41, 5.74) is 3.81. The van der Waals surface area contributed by atoms with Crippen LogP contribution >= 0.6 is 11.3 Å². The molecule has 194 valence electrons. The highest BCUT2D eigenvalue weighted by atomic mass is 32.1. The summed E-state index contributed by atoms with van der Waals surface area (Å²) >= 11 is 1.56. The maximum absolute atomic E-state index is 13.7. The van der Waals surface area contributed by atoms with Gasteiger partial charge in [0, 0.05) is 16.5 Å². The van der Waals surface area contributed by atoms with Crippen LogP contribution in [0.5, 0.6) is 0 Å². The lowest BCUT2D eigenvalue weighted by Gasteiger charge is -2.33. The molecule has 4 aromatic rings. The number of carbonyl (C=O) groups excluding carboxylic acids is 1. The maximum atomic E-state index is 13.7. The molecule has 4 heterocycles. The van der Waals surface area contributed by atoms with E-state index in [-0.39, 0.29) is 33.8 Å². The molecule has 1 saturated carbocycles. The number of aryl methyl sites for hydroxylation is 2. The largest absolute Gasteiger partial charge is 0.281 e. The van der Waals surface area contributed by atoms with Gasteiger partial charge in [0.15, 0.2) is 5.65 Å². The Morgan fingerprint density at radius 1 is 1.22 bits per heavy atom. The summed E-state index contributed by atoms with van der Waals surface area (Å²) in [6, 6.07) is 1.36. The quantitative estimate of drug-likeness (QED) is 0.397. The summed E-state index contributed by atoms with van der Waals surface area (Å²) in [6.07, 6.45) is 2.90. The Balaban J connectivity index is 1.39. The number of nitrogens with zero attached hydrogens (tertiary/aromatic N) is 5. The van der Waals surface area contributed by atoms with E-state index in [1.54, 1.807) is 18.3 Å². The first-order valence-electron chi connectivity index (χ1n) is 12.5. The van der Waals surface area contributed by atoms with Gasteiger partial charge in [-0.05, 0) is 62.0 Å². The lowest BCUT2D eigenvalue weighted by molar-refractivity contribution is 0.101. The second-order valence-electron chi connectivity index (χ2n) is 11.2. The van der Waals surface area contributed by atoms with Crippen molar-refractivity contribution in [2.75, 3.05) is 5.43 Å². The third-order valence-electron chi connectivity index (χ3n) is 7.67. The van der Waals surface area contributed by atoms with E-state index >= 15 is 0 Å². The van der Waals surface area contributed by atoms with Gasteiger partial charge in [0.25, 0.3) is 17.9 Å². The molecule has 0 aromatic carbocycles. The average molecular weight is 527 g/mol. The molecule has 37 heavy (non-hydrogen) atoms. The van der Waals surface area contributed by atoms with Crippen molar-refractivity contribution in [1.29, 1.82) is 0 Å². The first-order valence-corrected chi connectivity index (χ1v) is 13.4. The van der Waals surface area contributed by atoms with Crippen molar-refractivity contribution in [3.05, 3.63) is 55.8 Å². The van der Waals surface area contributed by atoms with Crippen molar-refractivity contribution in [3.63, 3.8) is 0 Å². The predicted octanol–water partition coefficient (Wildman–Crippen LogP) is 5.16. The second-order valence-corrected chi connectivity index (χ2v) is 12.3. The Hall–Kier alpha value is -3.21. The molecule has 0 radical (unpaired) electrons. The van der Waals surface area contributed by atoms with Crippen molar-refractivity contribution in [2.45, 2.75) is 72.1 Å². The molecule has 1 atom stereocenters. The number of halogens is 2. The molecule has 11 heteroatoms. The summed E-state index contributed by atoms with van der Waals surface area (Å²) in [7, 11) is 0. The fraction of sp³-hybridized carbons (Fsp3) is 0.500. The van der Waals surface area contributed by atoms with Crippen LogP contribution in [0.3, 0.4) is 0 Å². The van der Waals surface area contributed by atoms with Crippen LogP contribution in [0.2, 0.25) is 0 Å². The average Bonchev–Trinajstić information content (AvgIpc) is 3.49. The van der Waals surface area contributed by atoms with Crippen LogP contribution < -0.4 is 11.0 Å². The van der Waals surface area contributed by atoms with Gasteiger partial charge < -0.3 is 0 Å². The van der Waals surface area contributed by atoms with E-state index in [9.17, 15) is 18.4 Å². The Kier molecular flexibility index (Phi) is 5.48. The number of hydrogen-bond donors (Lipinski definition) is 1. The minimum Gasteiger partial charge on any atom is -0.267 e. The zero-order chi connectivity index (χ0) is 26.2. The monoisotopic (exact) mass is 526 g/mol. The topological polar surface area (TPSA) is 94.2 Å². The fourth-order valence-corrected chi connectivity index (χ4v) is 6.60. The molecule has 8 nitrogen and oxygen atoms in total. The molecular weight excluding hydrogens is 498 g/mol. The number of aromatic nitrogens is 5. The maximum Gasteiger partial charge on any atom is 0.281 e. The van der Waals surface area contributed by atoms with E-state index in [2.05, 4.69) is 41.3 Å². The summed E-state index contributed by atoms with van der Waals surface area (Å²) in [4.78, 5) is 37.9. The lowest BCUT2D eigenvalue weighted by Crippen LogP contribution is -2.35. The minimum atomic E-state index is -2.77. The van der Waals surface area contributed by atoms with Crippen LogP contribution in [0.15, 0.2) is 17.1 Å². The van der Waals surface area contributed by atoms with Gasteiger partial charge in [0.2, 0.25) is 0 Å². The Labute approximate surface area is 215 Å². The zero-order valence-electron chi connectivity index (χ0n) is 21.1. The molecule has 4 aromatic heterocycles. The van der Waals surface area contributed by atoms with Crippen LogP contribution in [0.4, 0.5) is 8.78 Å². The molecular formula is C26H28F2N6O2S. The number of nitrogens with one attached hydrogen (secondary N) is 1. The van der Waals surface area contributed by atoms with Gasteiger partial charge in [-0.25, -0.2) is 27.9 Å². The van der Waals surface area contributed by atoms with Crippen molar-refractivity contribution < 1.29 is 13.6 Å². The van der Waals surface area contributed by atoms with Crippen molar-refractivity contribution in [2.24, 2.45) is 11.3 Å². The van der Waals surface area contributed by atoms with Crippen LogP contribution in [0.25, 0.3) is 15.9 Å². The zero-order valence-corrected chi connectivity index (χ0v) is 22.0. The highest BCUT2D eigenvalue weighted by molar-refractivity contribution is 7.18. The van der Waals surface area contributed by atoms with Crippen molar-refractivity contribution >= 4 is 33.1 Å². The second kappa shape index (κ2) is 8.41. The predicted molar refractivity (Wildman–Crippen MR) is 137 cm³/mol. The molecule has 2 aliphatic carbocycles. The first kappa shape index (κ1) is 24.1. The summed E-state index contributed by atoms with van der Waals surface area (Å²) in [5.74, 6) is 0.331. The number of thiophene rings is 1. The van der Waals surface area contributed by atoms with Gasteiger partial charge in [0.1, 0.15) is 21.9 Å². The highest BCUT2D eigenvalue weighted by Gasteiger charge is 2.33. The van der Waals surface area contributed by atoms with E-state index in [1.807, 2.05) is 0 Å². The molecule has 1 N–H and O–H groups in total. The van der Waals surface area contributed by atoms with Crippen molar-refractivity contribution in [3.8, 4) is 0 Å². The van der Waals surface area contributed by atoms with Gasteiger partial charge in [-0.15, -0.1) is 11.3 Å². The molecule has 0 aliphatic heterocycles. The number of hydrogen-bond acceptors (Lipinski definition) is 6. The number of carbonyl (C=O) groups is 1. The molecule has 6 rings (SSSR count). The SMILES string of the molecule is Cc1nc2sc3c(c2c(=O)n1NC(=O)c1cnn2c(C(F)F)cc(C4CC4)nc12)CCC(C(C)(C)C)C3. The molecule has 1 amide bonds. The van der Waals surface area contributed by atoms with E-state index in [4.69, 9.17) is 0 Å². The molecule has 0 saturated heterocycles. The van der Waals surface area contributed by atoms with Gasteiger partial charge in [-0.2, -0.15) is 5.10 Å². The van der Waals surface area contributed by atoms with E-state index in [0.717, 1.165) is 46.9 Å². The van der Waals surface area contributed by atoms with E-state index in [0.29, 0.717) is 27.7 Å². The van der Waals surface area contributed by atoms with Crippen LogP contribution in [-0.4, -0.2) is 30.2 Å². The highest BCUT2D eigenvalue weighted by Crippen LogP contribution is 2.42. The number of rotatable bonds is 4. The van der Waals surface area contributed by atoms with Crippen molar-refractivity contribution in [1.82, 2.24) is 24.3 Å². The summed E-state index contributed by atoms with van der Waals surface area (Å²) in [6.45, 7) is 8.39. The normalized spacial score (nSPS) is 18.1. The molecule has 0 bridgehead atoms. The van der Waals surface area contributed by atoms with Crippen LogP contribution in [-0.2, 0) is 12.8 Å². The molecule has 1 unspecified atom stereocenters. The van der Waals surface area contributed by atoms with Gasteiger partial charge >= 0.3 is 0 Å². The lowest BCUT2D eigenvalue weighted by atomic mass is 9.72. The van der Waals surface area contributed by atoms with Gasteiger partial charge in [0.05, 0.1) is 11.6 Å². The summed E-state index contributed by atoms with van der Waals surface area (Å²) in [5, 5.41) is 4.55. The third-order valence-corrected chi connectivity index (χ3v) is 8.82. The fourth-order valence-electron chi connectivity index (χ4n) is 5.27. The number of amides is 1. The Bertz CT molecular complexity index is 1630. The Morgan fingerprint density at radius 2 is 1.97 bits per heavy atom. The van der Waals surface area contributed by atoms with Crippen LogP contribution in [0, 0.1) is 18.3 Å².